The number of hydrogen-bond donors (Lipinski definition) is 1. The molecule has 0 aliphatic rings. The Morgan fingerprint density at radius 1 is 1.03 bits per heavy atom. The number of halogens is 1. The number of aromatic nitrogens is 2. The number of benzene rings is 3. The Morgan fingerprint density at radius 2 is 1.74 bits per heavy atom. The highest BCUT2D eigenvalue weighted by Gasteiger charge is 2.18. The van der Waals surface area contributed by atoms with Crippen molar-refractivity contribution >= 4 is 23.2 Å². The lowest BCUT2D eigenvalue weighted by molar-refractivity contribution is 0.101. The van der Waals surface area contributed by atoms with Crippen molar-refractivity contribution in [1.82, 2.24) is 9.78 Å². The Labute approximate surface area is 207 Å². The largest absolute Gasteiger partial charge is 0.492 e. The van der Waals surface area contributed by atoms with E-state index >= 15 is 0 Å². The zero-order chi connectivity index (χ0) is 24.6. The monoisotopic (exact) mass is 484 g/mol. The molecule has 35 heavy (non-hydrogen) atoms. The predicted molar refractivity (Wildman–Crippen MR) is 134 cm³/mol. The zero-order valence-electron chi connectivity index (χ0n) is 18.6. The summed E-state index contributed by atoms with van der Waals surface area (Å²) in [6.07, 6.45) is 0. The Morgan fingerprint density at radius 3 is 2.43 bits per heavy atom. The van der Waals surface area contributed by atoms with Crippen LogP contribution in [-0.2, 0) is 6.54 Å². The molecule has 1 unspecified atom stereocenters. The molecule has 1 N–H and O–H groups in total. The standard InChI is InChI=1S/C27H21ClN4O3/c28-24-17-20(11-12-22(24)23(18-29)19-7-3-1-4-8-19)30-27(34)25-13-14-26(33)32(31-25)15-16-35-21-9-5-2-6-10-21/h1-14,17,23H,15-16H2,(H,30,34). The van der Waals surface area contributed by atoms with Crippen molar-refractivity contribution in [2.24, 2.45) is 0 Å². The Hall–Kier alpha value is -4.41. The lowest BCUT2D eigenvalue weighted by Gasteiger charge is -2.14. The lowest BCUT2D eigenvalue weighted by Crippen LogP contribution is -2.28. The van der Waals surface area contributed by atoms with Crippen LogP contribution in [0.2, 0.25) is 5.02 Å². The molecule has 174 valence electrons. The van der Waals surface area contributed by atoms with Gasteiger partial charge in [0.15, 0.2) is 0 Å². The third-order valence-electron chi connectivity index (χ3n) is 5.25. The highest BCUT2D eigenvalue weighted by Crippen LogP contribution is 2.31. The molecule has 8 heteroatoms. The minimum absolute atomic E-state index is 0.0729. The van der Waals surface area contributed by atoms with Crippen LogP contribution in [0.25, 0.3) is 0 Å². The first-order valence-corrected chi connectivity index (χ1v) is 11.2. The van der Waals surface area contributed by atoms with E-state index in [2.05, 4.69) is 16.5 Å². The van der Waals surface area contributed by atoms with Crippen LogP contribution in [0.5, 0.6) is 5.75 Å². The molecule has 7 nitrogen and oxygen atoms in total. The maximum absolute atomic E-state index is 12.8. The van der Waals surface area contributed by atoms with Crippen LogP contribution in [-0.4, -0.2) is 22.3 Å². The fourth-order valence-electron chi connectivity index (χ4n) is 3.50. The SMILES string of the molecule is N#CC(c1ccccc1)c1ccc(NC(=O)c2ccc(=O)n(CCOc3ccccc3)n2)cc1Cl. The van der Waals surface area contributed by atoms with E-state index in [1.807, 2.05) is 60.7 Å². The number of carbonyl (C=O) groups is 1. The second-order valence-corrected chi connectivity index (χ2v) is 8.01. The zero-order valence-corrected chi connectivity index (χ0v) is 19.4. The number of nitriles is 1. The van der Waals surface area contributed by atoms with E-state index in [4.69, 9.17) is 16.3 Å². The number of anilines is 1. The molecule has 3 aromatic carbocycles. The van der Waals surface area contributed by atoms with Crippen molar-refractivity contribution in [1.29, 1.82) is 5.26 Å². The minimum Gasteiger partial charge on any atom is -0.492 e. The quantitative estimate of drug-likeness (QED) is 0.384. The first-order valence-electron chi connectivity index (χ1n) is 10.9. The maximum atomic E-state index is 12.8. The van der Waals surface area contributed by atoms with Gasteiger partial charge >= 0.3 is 0 Å². The summed E-state index contributed by atoms with van der Waals surface area (Å²) in [5.41, 5.74) is 1.65. The molecular weight excluding hydrogens is 464 g/mol. The molecule has 4 aromatic rings. The fourth-order valence-corrected chi connectivity index (χ4v) is 3.79. The number of amides is 1. The molecule has 0 fully saturated rings. The number of hydrogen-bond acceptors (Lipinski definition) is 5. The van der Waals surface area contributed by atoms with Gasteiger partial charge in [0.05, 0.1) is 18.5 Å². The molecule has 1 amide bonds. The summed E-state index contributed by atoms with van der Waals surface area (Å²) in [6, 6.07) is 28.5. The molecule has 1 heterocycles. The van der Waals surface area contributed by atoms with Gasteiger partial charge in [-0.2, -0.15) is 10.4 Å². The predicted octanol–water partition coefficient (Wildman–Crippen LogP) is 4.88. The van der Waals surface area contributed by atoms with Gasteiger partial charge in [-0.15, -0.1) is 0 Å². The highest BCUT2D eigenvalue weighted by atomic mass is 35.5. The van der Waals surface area contributed by atoms with E-state index < -0.39 is 11.8 Å². The topological polar surface area (TPSA) is 97.0 Å². The molecule has 0 saturated carbocycles. The van der Waals surface area contributed by atoms with Crippen LogP contribution in [0, 0.1) is 11.3 Å². The summed E-state index contributed by atoms with van der Waals surface area (Å²) >= 11 is 6.46. The Bertz CT molecular complexity index is 1420. The van der Waals surface area contributed by atoms with Crippen LogP contribution in [0.15, 0.2) is 95.8 Å². The van der Waals surface area contributed by atoms with Crippen molar-refractivity contribution in [3.8, 4) is 11.8 Å². The smallest absolute Gasteiger partial charge is 0.276 e. The summed E-state index contributed by atoms with van der Waals surface area (Å²) in [6.45, 7) is 0.408. The molecule has 4 rings (SSSR count). The first-order chi connectivity index (χ1) is 17.0. The van der Waals surface area contributed by atoms with Crippen LogP contribution < -0.4 is 15.6 Å². The molecule has 0 spiro atoms. The average Bonchev–Trinajstić information content (AvgIpc) is 2.88. The number of nitrogens with zero attached hydrogens (tertiary/aromatic N) is 3. The minimum atomic E-state index is -0.531. The third kappa shape index (κ3) is 5.94. The number of carbonyl (C=O) groups excluding carboxylic acids is 1. The highest BCUT2D eigenvalue weighted by molar-refractivity contribution is 6.31. The van der Waals surface area contributed by atoms with Crippen LogP contribution in [0.1, 0.15) is 27.5 Å². The van der Waals surface area contributed by atoms with Gasteiger partial charge in [-0.3, -0.25) is 9.59 Å². The molecule has 0 aliphatic carbocycles. The van der Waals surface area contributed by atoms with Crippen LogP contribution in [0.3, 0.4) is 0 Å². The van der Waals surface area contributed by atoms with E-state index in [9.17, 15) is 14.9 Å². The number of nitrogens with one attached hydrogen (secondary N) is 1. The lowest BCUT2D eigenvalue weighted by atomic mass is 9.92. The van der Waals surface area contributed by atoms with Gasteiger partial charge in [0.2, 0.25) is 0 Å². The normalized spacial score (nSPS) is 11.3. The summed E-state index contributed by atoms with van der Waals surface area (Å²) < 4.78 is 6.79. The van der Waals surface area contributed by atoms with Gasteiger partial charge in [-0.05, 0) is 41.5 Å². The second kappa shape index (κ2) is 11.1. The fraction of sp³-hybridized carbons (Fsp3) is 0.111. The van der Waals surface area contributed by atoms with E-state index in [0.29, 0.717) is 22.0 Å². The molecule has 1 aromatic heterocycles. The average molecular weight is 485 g/mol. The summed E-state index contributed by atoms with van der Waals surface area (Å²) in [7, 11) is 0. The summed E-state index contributed by atoms with van der Waals surface area (Å²) in [5.74, 6) is -0.344. The van der Waals surface area contributed by atoms with Gasteiger partial charge in [0.1, 0.15) is 18.1 Å². The number of para-hydroxylation sites is 1. The van der Waals surface area contributed by atoms with Crippen molar-refractivity contribution in [3.63, 3.8) is 0 Å². The van der Waals surface area contributed by atoms with Crippen molar-refractivity contribution in [3.05, 3.63) is 123 Å². The molecular formula is C27H21ClN4O3. The number of ether oxygens (including phenoxy) is 1. The van der Waals surface area contributed by atoms with Crippen molar-refractivity contribution < 1.29 is 9.53 Å². The van der Waals surface area contributed by atoms with Crippen LogP contribution >= 0.6 is 11.6 Å². The first kappa shape index (κ1) is 23.7. The van der Waals surface area contributed by atoms with E-state index in [1.165, 1.54) is 16.8 Å². The molecule has 1 atom stereocenters. The molecule has 0 bridgehead atoms. The molecule has 0 aliphatic heterocycles. The van der Waals surface area contributed by atoms with Gasteiger partial charge in [0, 0.05) is 16.8 Å². The van der Waals surface area contributed by atoms with Gasteiger partial charge in [0.25, 0.3) is 11.5 Å². The third-order valence-corrected chi connectivity index (χ3v) is 5.57. The van der Waals surface area contributed by atoms with Crippen molar-refractivity contribution in [2.45, 2.75) is 12.5 Å². The van der Waals surface area contributed by atoms with Gasteiger partial charge in [-0.1, -0.05) is 66.2 Å². The maximum Gasteiger partial charge on any atom is 0.276 e. The molecule has 0 saturated heterocycles. The summed E-state index contributed by atoms with van der Waals surface area (Å²) in [5, 5.41) is 16.9. The summed E-state index contributed by atoms with van der Waals surface area (Å²) in [4.78, 5) is 24.9. The van der Waals surface area contributed by atoms with Crippen molar-refractivity contribution in [2.75, 3.05) is 11.9 Å². The Kier molecular flexibility index (Phi) is 7.56. The van der Waals surface area contributed by atoms with Gasteiger partial charge < -0.3 is 10.1 Å². The van der Waals surface area contributed by atoms with Gasteiger partial charge in [-0.25, -0.2) is 4.68 Å². The second-order valence-electron chi connectivity index (χ2n) is 7.60. The van der Waals surface area contributed by atoms with E-state index in [1.54, 1.807) is 18.2 Å². The van der Waals surface area contributed by atoms with E-state index in [0.717, 1.165) is 5.56 Å². The van der Waals surface area contributed by atoms with E-state index in [-0.39, 0.29) is 24.4 Å². The Balaban J connectivity index is 1.45. The number of rotatable bonds is 8. The van der Waals surface area contributed by atoms with Crippen LogP contribution in [0.4, 0.5) is 5.69 Å². The molecule has 0 radical (unpaired) electrons.